The molecule has 3 rings (SSSR count). The molecule has 0 saturated carbocycles. The van der Waals surface area contributed by atoms with Gasteiger partial charge in [-0.25, -0.2) is 0 Å². The van der Waals surface area contributed by atoms with E-state index in [1.165, 1.54) is 0 Å². The van der Waals surface area contributed by atoms with Crippen LogP contribution in [-0.4, -0.2) is 56.9 Å². The van der Waals surface area contributed by atoms with E-state index in [-0.39, 0.29) is 10.7 Å². The van der Waals surface area contributed by atoms with Crippen LogP contribution in [0.15, 0.2) is 12.3 Å². The number of likely N-dealkylation sites (tertiary alicyclic amines) is 1. The zero-order valence-electron chi connectivity index (χ0n) is 11.3. The molecule has 1 aromatic heterocycles. The van der Waals surface area contributed by atoms with E-state index in [4.69, 9.17) is 4.74 Å². The molecule has 2 aliphatic rings. The lowest BCUT2D eigenvalue weighted by atomic mass is 9.92. The van der Waals surface area contributed by atoms with Gasteiger partial charge in [0.1, 0.15) is 5.69 Å². The molecule has 1 aromatic rings. The second-order valence-corrected chi connectivity index (χ2v) is 6.80. The predicted octanol–water partition coefficient (Wildman–Crippen LogP) is 1.16. The van der Waals surface area contributed by atoms with E-state index >= 15 is 0 Å². The highest BCUT2D eigenvalue weighted by Gasteiger charge is 2.51. The molecule has 3 heterocycles. The Kier molecular flexibility index (Phi) is 3.30. The maximum atomic E-state index is 12.2. The van der Waals surface area contributed by atoms with E-state index in [0.29, 0.717) is 11.8 Å². The summed E-state index contributed by atoms with van der Waals surface area (Å²) in [6.07, 6.45) is 3.23. The van der Waals surface area contributed by atoms with Gasteiger partial charge in [0.15, 0.2) is 0 Å². The lowest BCUT2D eigenvalue weighted by molar-refractivity contribution is 0.0355. The summed E-state index contributed by atoms with van der Waals surface area (Å²) < 4.78 is 7.58. The van der Waals surface area contributed by atoms with Crippen molar-refractivity contribution in [2.45, 2.75) is 24.2 Å². The summed E-state index contributed by atoms with van der Waals surface area (Å²) in [5.74, 6) is 1.10. The standard InChI is InChI=1S/C13H19N3O2S/c1-3-18-10-6-13(19-7-10)8-16(9-13)12(17)11-4-5-15(2)14-11/h4-5,10H,3,6-9H2,1-2H3. The van der Waals surface area contributed by atoms with E-state index in [9.17, 15) is 4.79 Å². The highest BCUT2D eigenvalue weighted by atomic mass is 32.2. The van der Waals surface area contributed by atoms with Crippen molar-refractivity contribution in [2.24, 2.45) is 7.05 Å². The zero-order chi connectivity index (χ0) is 13.5. The number of hydrogen-bond donors (Lipinski definition) is 0. The fourth-order valence-electron chi connectivity index (χ4n) is 2.85. The summed E-state index contributed by atoms with van der Waals surface area (Å²) in [4.78, 5) is 14.1. The molecule has 104 valence electrons. The number of carbonyl (C=O) groups excluding carboxylic acids is 1. The molecule has 1 spiro atoms. The van der Waals surface area contributed by atoms with Crippen LogP contribution >= 0.6 is 11.8 Å². The Balaban J connectivity index is 1.57. The van der Waals surface area contributed by atoms with Gasteiger partial charge in [-0.3, -0.25) is 9.48 Å². The van der Waals surface area contributed by atoms with Gasteiger partial charge < -0.3 is 9.64 Å². The van der Waals surface area contributed by atoms with Crippen molar-refractivity contribution in [1.82, 2.24) is 14.7 Å². The lowest BCUT2D eigenvalue weighted by Gasteiger charge is -2.47. The Bertz CT molecular complexity index is 482. The molecule has 5 nitrogen and oxygen atoms in total. The van der Waals surface area contributed by atoms with Crippen LogP contribution in [0.3, 0.4) is 0 Å². The Morgan fingerprint density at radius 3 is 3.05 bits per heavy atom. The van der Waals surface area contributed by atoms with Gasteiger partial charge in [0, 0.05) is 38.7 Å². The molecule has 19 heavy (non-hydrogen) atoms. The lowest BCUT2D eigenvalue weighted by Crippen LogP contribution is -2.60. The maximum Gasteiger partial charge on any atom is 0.274 e. The van der Waals surface area contributed by atoms with Gasteiger partial charge in [-0.2, -0.15) is 5.10 Å². The molecule has 0 bridgehead atoms. The van der Waals surface area contributed by atoms with Crippen LogP contribution in [0.2, 0.25) is 0 Å². The molecule has 2 saturated heterocycles. The number of ether oxygens (including phenoxy) is 1. The molecule has 0 aliphatic carbocycles. The molecular formula is C13H19N3O2S. The number of nitrogens with zero attached hydrogens (tertiary/aromatic N) is 3. The summed E-state index contributed by atoms with van der Waals surface area (Å²) in [5.41, 5.74) is 0.543. The largest absolute Gasteiger partial charge is 0.378 e. The van der Waals surface area contributed by atoms with E-state index < -0.39 is 0 Å². The van der Waals surface area contributed by atoms with Crippen LogP contribution in [0.5, 0.6) is 0 Å². The second kappa shape index (κ2) is 4.83. The molecular weight excluding hydrogens is 262 g/mol. The van der Waals surface area contributed by atoms with E-state index in [2.05, 4.69) is 5.10 Å². The van der Waals surface area contributed by atoms with Crippen molar-refractivity contribution in [2.75, 3.05) is 25.4 Å². The molecule has 2 fully saturated rings. The van der Waals surface area contributed by atoms with Crippen LogP contribution in [0.1, 0.15) is 23.8 Å². The van der Waals surface area contributed by atoms with Crippen LogP contribution in [-0.2, 0) is 11.8 Å². The topological polar surface area (TPSA) is 47.4 Å². The van der Waals surface area contributed by atoms with Crippen LogP contribution in [0, 0.1) is 0 Å². The smallest absolute Gasteiger partial charge is 0.274 e. The summed E-state index contributed by atoms with van der Waals surface area (Å²) >= 11 is 1.96. The van der Waals surface area contributed by atoms with Crippen molar-refractivity contribution in [1.29, 1.82) is 0 Å². The summed E-state index contributed by atoms with van der Waals surface area (Å²) in [7, 11) is 1.83. The third kappa shape index (κ3) is 2.39. The quantitative estimate of drug-likeness (QED) is 0.834. The number of aromatic nitrogens is 2. The van der Waals surface area contributed by atoms with Crippen molar-refractivity contribution in [3.63, 3.8) is 0 Å². The van der Waals surface area contributed by atoms with Crippen molar-refractivity contribution in [3.8, 4) is 0 Å². The van der Waals surface area contributed by atoms with Crippen molar-refractivity contribution >= 4 is 17.7 Å². The van der Waals surface area contributed by atoms with E-state index in [1.54, 1.807) is 16.9 Å². The first kappa shape index (κ1) is 13.0. The number of hydrogen-bond acceptors (Lipinski definition) is 4. The monoisotopic (exact) mass is 281 g/mol. The third-order valence-corrected chi connectivity index (χ3v) is 5.33. The minimum absolute atomic E-state index is 0.0479. The SMILES string of the molecule is CCOC1CSC2(C1)CN(C(=O)c1ccn(C)n1)C2. The van der Waals surface area contributed by atoms with E-state index in [1.807, 2.05) is 30.6 Å². The molecule has 0 radical (unpaired) electrons. The fraction of sp³-hybridized carbons (Fsp3) is 0.692. The summed E-state index contributed by atoms with van der Waals surface area (Å²) in [6.45, 7) is 4.47. The average molecular weight is 281 g/mol. The molecule has 6 heteroatoms. The first-order valence-electron chi connectivity index (χ1n) is 6.66. The van der Waals surface area contributed by atoms with Gasteiger partial charge in [-0.05, 0) is 19.4 Å². The van der Waals surface area contributed by atoms with Crippen molar-refractivity contribution in [3.05, 3.63) is 18.0 Å². The van der Waals surface area contributed by atoms with Gasteiger partial charge in [-0.1, -0.05) is 0 Å². The van der Waals surface area contributed by atoms with Gasteiger partial charge in [0.05, 0.1) is 10.9 Å². The van der Waals surface area contributed by atoms with Crippen molar-refractivity contribution < 1.29 is 9.53 Å². The molecule has 0 aromatic carbocycles. The number of aryl methyl sites for hydroxylation is 1. The third-order valence-electron chi connectivity index (χ3n) is 3.76. The number of rotatable bonds is 3. The molecule has 1 amide bonds. The average Bonchev–Trinajstić information content (AvgIpc) is 2.94. The second-order valence-electron chi connectivity index (χ2n) is 5.31. The fourth-order valence-corrected chi connectivity index (χ4v) is 4.40. The minimum atomic E-state index is 0.0479. The zero-order valence-corrected chi connectivity index (χ0v) is 12.2. The minimum Gasteiger partial charge on any atom is -0.378 e. The molecule has 1 atom stereocenters. The van der Waals surface area contributed by atoms with E-state index in [0.717, 1.165) is 31.9 Å². The Hall–Kier alpha value is -1.01. The maximum absolute atomic E-state index is 12.2. The molecule has 0 N–H and O–H groups in total. The van der Waals surface area contributed by atoms with Crippen LogP contribution < -0.4 is 0 Å². The number of carbonyl (C=O) groups is 1. The van der Waals surface area contributed by atoms with Gasteiger partial charge >= 0.3 is 0 Å². The Labute approximate surface area is 117 Å². The summed E-state index contributed by atoms with van der Waals surface area (Å²) in [5, 5.41) is 4.17. The Morgan fingerprint density at radius 1 is 1.63 bits per heavy atom. The Morgan fingerprint density at radius 2 is 2.42 bits per heavy atom. The van der Waals surface area contributed by atoms with Crippen LogP contribution in [0.25, 0.3) is 0 Å². The first-order chi connectivity index (χ1) is 9.12. The van der Waals surface area contributed by atoms with Gasteiger partial charge in [-0.15, -0.1) is 11.8 Å². The van der Waals surface area contributed by atoms with Gasteiger partial charge in [0.2, 0.25) is 0 Å². The number of thioether (sulfide) groups is 1. The predicted molar refractivity (Wildman–Crippen MR) is 74.3 cm³/mol. The molecule has 2 aliphatic heterocycles. The normalized spacial score (nSPS) is 24.7. The highest BCUT2D eigenvalue weighted by Crippen LogP contribution is 2.46. The summed E-state index contributed by atoms with van der Waals surface area (Å²) in [6, 6.07) is 1.78. The highest BCUT2D eigenvalue weighted by molar-refractivity contribution is 8.01. The first-order valence-corrected chi connectivity index (χ1v) is 7.65. The van der Waals surface area contributed by atoms with Gasteiger partial charge in [0.25, 0.3) is 5.91 Å². The van der Waals surface area contributed by atoms with Crippen LogP contribution in [0.4, 0.5) is 0 Å². The molecule has 1 unspecified atom stereocenters. The number of amides is 1.